The van der Waals surface area contributed by atoms with E-state index in [1.54, 1.807) is 36.4 Å². The van der Waals surface area contributed by atoms with Crippen molar-refractivity contribution in [2.45, 2.75) is 0 Å². The summed E-state index contributed by atoms with van der Waals surface area (Å²) in [6, 6.07) is 21.2. The fraction of sp³-hybridized carbons (Fsp3) is 0.242. The molecule has 3 aromatic carbocycles. The molecule has 1 fully saturated rings. The SMILES string of the molecule is Br.CN(C)CCN1CCN(c2ccc(-c3c(C#N)c(-c4ccc(O)cc4)nc4n[nH]c(-c5ccc(Cl)cc5)c34)c(F)c2)CC1. The molecule has 0 atom stereocenters. The van der Waals surface area contributed by atoms with E-state index >= 15 is 4.39 Å². The van der Waals surface area contributed by atoms with Crippen LogP contribution in [0.3, 0.4) is 0 Å². The number of phenols is 1. The van der Waals surface area contributed by atoms with Crippen LogP contribution in [0.5, 0.6) is 5.75 Å². The summed E-state index contributed by atoms with van der Waals surface area (Å²) in [5.41, 5.74) is 4.42. The lowest BCUT2D eigenvalue weighted by Gasteiger charge is -2.36. The second-order valence-corrected chi connectivity index (χ2v) is 11.4. The Bertz CT molecular complexity index is 1810. The van der Waals surface area contributed by atoms with E-state index in [1.807, 2.05) is 18.2 Å². The number of phenolic OH excluding ortho intramolecular Hbond substituents is 1. The molecule has 5 aromatic rings. The highest BCUT2D eigenvalue weighted by Crippen LogP contribution is 2.42. The number of fused-ring (bicyclic) bond motifs is 1. The van der Waals surface area contributed by atoms with Gasteiger partial charge in [0.15, 0.2) is 5.65 Å². The second-order valence-electron chi connectivity index (χ2n) is 11.0. The Kier molecular flexibility index (Phi) is 9.51. The number of benzene rings is 3. The molecule has 8 nitrogen and oxygen atoms in total. The number of aromatic nitrogens is 3. The Morgan fingerprint density at radius 1 is 1.00 bits per heavy atom. The number of nitrogens with zero attached hydrogens (tertiary/aromatic N) is 6. The molecule has 0 unspecified atom stereocenters. The van der Waals surface area contributed by atoms with Crippen molar-refractivity contribution in [3.05, 3.63) is 83.1 Å². The van der Waals surface area contributed by atoms with Crippen molar-refractivity contribution in [1.82, 2.24) is 25.0 Å². The number of anilines is 1. The fourth-order valence-electron chi connectivity index (χ4n) is 5.56. The van der Waals surface area contributed by atoms with Crippen molar-refractivity contribution in [2.75, 3.05) is 58.3 Å². The van der Waals surface area contributed by atoms with Crippen molar-refractivity contribution in [2.24, 2.45) is 0 Å². The molecule has 11 heteroatoms. The van der Waals surface area contributed by atoms with E-state index in [0.29, 0.717) is 38.6 Å². The third-order valence-corrected chi connectivity index (χ3v) is 8.16. The van der Waals surface area contributed by atoms with Gasteiger partial charge in [-0.05, 0) is 68.7 Å². The maximum absolute atomic E-state index is 16.2. The highest BCUT2D eigenvalue weighted by Gasteiger charge is 2.26. The van der Waals surface area contributed by atoms with Crippen LogP contribution in [0.1, 0.15) is 5.56 Å². The minimum absolute atomic E-state index is 0. The molecule has 1 aliphatic rings. The van der Waals surface area contributed by atoms with Gasteiger partial charge in [0, 0.05) is 72.2 Å². The molecule has 2 N–H and O–H groups in total. The van der Waals surface area contributed by atoms with Crippen LogP contribution in [0.25, 0.3) is 44.7 Å². The number of pyridine rings is 1. The number of nitrogens with one attached hydrogen (secondary N) is 1. The number of hydrogen-bond donors (Lipinski definition) is 2. The molecule has 226 valence electrons. The number of halogens is 3. The van der Waals surface area contributed by atoms with Gasteiger partial charge in [-0.2, -0.15) is 10.4 Å². The number of H-pyrrole nitrogens is 1. The van der Waals surface area contributed by atoms with Crippen LogP contribution >= 0.6 is 28.6 Å². The summed E-state index contributed by atoms with van der Waals surface area (Å²) in [5, 5.41) is 29.0. The van der Waals surface area contributed by atoms with Crippen LogP contribution in [0.15, 0.2) is 66.7 Å². The van der Waals surface area contributed by atoms with Crippen molar-refractivity contribution in [1.29, 1.82) is 5.26 Å². The van der Waals surface area contributed by atoms with Gasteiger partial charge < -0.3 is 14.9 Å². The fourth-order valence-corrected chi connectivity index (χ4v) is 5.69. The highest BCUT2D eigenvalue weighted by molar-refractivity contribution is 8.93. The zero-order valence-electron chi connectivity index (χ0n) is 24.4. The predicted molar refractivity (Wildman–Crippen MR) is 179 cm³/mol. The quantitative estimate of drug-likeness (QED) is 0.201. The zero-order chi connectivity index (χ0) is 30.1. The smallest absolute Gasteiger partial charge is 0.182 e. The summed E-state index contributed by atoms with van der Waals surface area (Å²) in [7, 11) is 4.15. The molecule has 1 saturated heterocycles. The number of nitriles is 1. The van der Waals surface area contributed by atoms with E-state index in [0.717, 1.165) is 50.5 Å². The van der Waals surface area contributed by atoms with E-state index in [-0.39, 0.29) is 33.9 Å². The summed E-state index contributed by atoms with van der Waals surface area (Å²) < 4.78 is 16.2. The molecule has 0 spiro atoms. The molecular weight excluding hydrogens is 645 g/mol. The molecule has 1 aliphatic heterocycles. The summed E-state index contributed by atoms with van der Waals surface area (Å²) >= 11 is 6.14. The molecule has 0 aliphatic carbocycles. The average Bonchev–Trinajstić information content (AvgIpc) is 3.44. The minimum Gasteiger partial charge on any atom is -0.508 e. The number of aromatic hydroxyl groups is 1. The summed E-state index contributed by atoms with van der Waals surface area (Å²) in [6.45, 7) is 5.45. The molecule has 0 bridgehead atoms. The molecule has 0 amide bonds. The number of rotatable bonds is 7. The topological polar surface area (TPSA) is 95.3 Å². The van der Waals surface area contributed by atoms with Crippen LogP contribution in [-0.4, -0.2) is 83.5 Å². The third kappa shape index (κ3) is 6.28. The third-order valence-electron chi connectivity index (χ3n) is 7.91. The molecule has 2 aromatic heterocycles. The van der Waals surface area contributed by atoms with E-state index in [9.17, 15) is 10.4 Å². The lowest BCUT2D eigenvalue weighted by atomic mass is 9.91. The molecule has 6 rings (SSSR count). The number of likely N-dealkylation sites (N-methyl/N-ethyl adjacent to an activating group) is 1. The minimum atomic E-state index is -0.434. The van der Waals surface area contributed by atoms with Gasteiger partial charge in [0.1, 0.15) is 17.6 Å². The average molecular weight is 677 g/mol. The van der Waals surface area contributed by atoms with Gasteiger partial charge in [0.25, 0.3) is 0 Å². The Hall–Kier alpha value is -4.01. The Labute approximate surface area is 271 Å². The van der Waals surface area contributed by atoms with Gasteiger partial charge >= 0.3 is 0 Å². The van der Waals surface area contributed by atoms with Gasteiger partial charge in [-0.15, -0.1) is 17.0 Å². The number of hydrogen-bond acceptors (Lipinski definition) is 7. The lowest BCUT2D eigenvalue weighted by Crippen LogP contribution is -2.48. The summed E-state index contributed by atoms with van der Waals surface area (Å²) in [4.78, 5) is 11.5. The normalized spacial score (nSPS) is 13.7. The number of piperazine rings is 1. The maximum Gasteiger partial charge on any atom is 0.182 e. The Morgan fingerprint density at radius 2 is 1.68 bits per heavy atom. The van der Waals surface area contributed by atoms with Gasteiger partial charge in [0.2, 0.25) is 0 Å². The zero-order valence-corrected chi connectivity index (χ0v) is 26.9. The van der Waals surface area contributed by atoms with Crippen LogP contribution in [0, 0.1) is 17.1 Å². The molecule has 0 radical (unpaired) electrons. The first-order valence-corrected chi connectivity index (χ1v) is 14.5. The molecule has 3 heterocycles. The van der Waals surface area contributed by atoms with Gasteiger partial charge in [-0.25, -0.2) is 9.37 Å². The van der Waals surface area contributed by atoms with Crippen molar-refractivity contribution < 1.29 is 9.50 Å². The van der Waals surface area contributed by atoms with Gasteiger partial charge in [-0.3, -0.25) is 10.00 Å². The van der Waals surface area contributed by atoms with Crippen LogP contribution in [0.2, 0.25) is 5.02 Å². The Morgan fingerprint density at radius 3 is 2.32 bits per heavy atom. The highest BCUT2D eigenvalue weighted by atomic mass is 79.9. The van der Waals surface area contributed by atoms with Crippen molar-refractivity contribution >= 4 is 45.3 Å². The van der Waals surface area contributed by atoms with E-state index in [2.05, 4.69) is 45.1 Å². The van der Waals surface area contributed by atoms with Crippen LogP contribution < -0.4 is 4.90 Å². The first kappa shape index (κ1) is 31.4. The first-order chi connectivity index (χ1) is 20.8. The molecular formula is C33H32BrClFN7O. The lowest BCUT2D eigenvalue weighted by molar-refractivity contribution is 0.229. The summed E-state index contributed by atoms with van der Waals surface area (Å²) in [6.07, 6.45) is 0. The molecule has 0 saturated carbocycles. The van der Waals surface area contributed by atoms with Crippen LogP contribution in [0.4, 0.5) is 10.1 Å². The van der Waals surface area contributed by atoms with Gasteiger partial charge in [0.05, 0.1) is 22.3 Å². The summed E-state index contributed by atoms with van der Waals surface area (Å²) in [5.74, 6) is -0.343. The second kappa shape index (κ2) is 13.3. The van der Waals surface area contributed by atoms with E-state index in [4.69, 9.17) is 16.6 Å². The van der Waals surface area contributed by atoms with E-state index < -0.39 is 5.82 Å². The Balaban J connectivity index is 0.00000384. The largest absolute Gasteiger partial charge is 0.508 e. The van der Waals surface area contributed by atoms with Crippen molar-refractivity contribution in [3.63, 3.8) is 0 Å². The standard InChI is InChI=1S/C33H31ClFN7O.BrH/c1-40(2)13-14-41-15-17-42(18-16-41)24-9-12-26(28(35)19-24)29-27(20-36)31(21-5-10-25(43)11-6-21)37-33-30(29)32(38-39-33)22-3-7-23(34)8-4-22;/h3-12,19,43H,13-18H2,1-2H3,(H,37,38,39);1H. The van der Waals surface area contributed by atoms with Crippen molar-refractivity contribution in [3.8, 4) is 45.5 Å². The maximum atomic E-state index is 16.2. The predicted octanol–water partition coefficient (Wildman–Crippen LogP) is 6.59. The first-order valence-electron chi connectivity index (χ1n) is 14.1. The number of aromatic amines is 1. The van der Waals surface area contributed by atoms with Crippen LogP contribution in [-0.2, 0) is 0 Å². The van der Waals surface area contributed by atoms with E-state index in [1.165, 1.54) is 12.1 Å². The van der Waals surface area contributed by atoms with Gasteiger partial charge in [-0.1, -0.05) is 23.7 Å². The molecule has 44 heavy (non-hydrogen) atoms. The monoisotopic (exact) mass is 675 g/mol.